The fourth-order valence-corrected chi connectivity index (χ4v) is 1.55. The van der Waals surface area contributed by atoms with Crippen LogP contribution in [-0.2, 0) is 0 Å². The van der Waals surface area contributed by atoms with Gasteiger partial charge in [0, 0.05) is 10.8 Å². The highest BCUT2D eigenvalue weighted by Crippen LogP contribution is 2.29. The molecule has 0 heterocycles. The summed E-state index contributed by atoms with van der Waals surface area (Å²) in [5.74, 6) is 0. The Hall–Kier alpha value is -0.220. The van der Waals surface area contributed by atoms with Gasteiger partial charge in [-0.3, -0.25) is 0 Å². The van der Waals surface area contributed by atoms with Gasteiger partial charge in [-0.05, 0) is 37.3 Å². The van der Waals surface area contributed by atoms with Gasteiger partial charge >= 0.3 is 0 Å². The van der Waals surface area contributed by atoms with Crippen molar-refractivity contribution < 1.29 is 10.2 Å². The van der Waals surface area contributed by atoms with E-state index in [-0.39, 0.29) is 20.9 Å². The van der Waals surface area contributed by atoms with Crippen molar-refractivity contribution in [1.29, 1.82) is 0 Å². The van der Waals surface area contributed by atoms with Gasteiger partial charge in [0.15, 0.2) is 10.1 Å². The maximum atomic E-state index is 9.30. The molecule has 0 amide bonds. The van der Waals surface area contributed by atoms with Crippen LogP contribution in [0.5, 0.6) is 0 Å². The van der Waals surface area contributed by atoms with Crippen molar-refractivity contribution >= 4 is 34.5 Å². The summed E-state index contributed by atoms with van der Waals surface area (Å²) in [4.78, 5) is 0. The van der Waals surface area contributed by atoms with Crippen LogP contribution < -0.4 is 0 Å². The third-order valence-electron chi connectivity index (χ3n) is 3.01. The van der Waals surface area contributed by atoms with Crippen LogP contribution in [0, 0.1) is 10.8 Å². The van der Waals surface area contributed by atoms with E-state index in [1.54, 1.807) is 0 Å². The molecular formula is C12H22O2S2. The predicted octanol–water partition coefficient (Wildman–Crippen LogP) is 4.37. The largest absolute Gasteiger partial charge is 0.502 e. The Bertz CT molecular complexity index is 242. The van der Waals surface area contributed by atoms with Crippen molar-refractivity contribution in [3.05, 3.63) is 0 Å². The molecule has 0 saturated heterocycles. The Morgan fingerprint density at radius 3 is 1.25 bits per heavy atom. The summed E-state index contributed by atoms with van der Waals surface area (Å²) in [5.41, 5.74) is -0.585. The second kappa shape index (κ2) is 5.92. The first-order valence-electron chi connectivity index (χ1n) is 5.56. The van der Waals surface area contributed by atoms with Crippen LogP contribution in [0.15, 0.2) is 0 Å². The summed E-state index contributed by atoms with van der Waals surface area (Å²) in [6.07, 6.45) is 3.66. The molecule has 0 saturated carbocycles. The van der Waals surface area contributed by atoms with Gasteiger partial charge < -0.3 is 10.2 Å². The summed E-state index contributed by atoms with van der Waals surface area (Å²) in [5, 5.41) is 18.7. The molecule has 0 rings (SSSR count). The average molecular weight is 262 g/mol. The van der Waals surface area contributed by atoms with Gasteiger partial charge in [-0.15, -0.1) is 0 Å². The minimum Gasteiger partial charge on any atom is -0.502 e. The van der Waals surface area contributed by atoms with E-state index in [9.17, 15) is 10.2 Å². The molecule has 0 aromatic heterocycles. The van der Waals surface area contributed by atoms with Crippen LogP contribution in [0.2, 0.25) is 0 Å². The lowest BCUT2D eigenvalue weighted by molar-refractivity contribution is 0.343. The molecule has 0 unspecified atom stereocenters. The lowest BCUT2D eigenvalue weighted by Crippen LogP contribution is -2.23. The summed E-state index contributed by atoms with van der Waals surface area (Å²) in [6, 6.07) is 0. The molecule has 94 valence electrons. The molecule has 16 heavy (non-hydrogen) atoms. The van der Waals surface area contributed by atoms with E-state index in [4.69, 9.17) is 24.4 Å². The zero-order chi connectivity index (χ0) is 13.0. The highest BCUT2D eigenvalue weighted by atomic mass is 32.1. The molecule has 4 heteroatoms. The zero-order valence-corrected chi connectivity index (χ0v) is 12.2. The molecule has 0 bridgehead atoms. The second-order valence-corrected chi connectivity index (χ2v) is 6.36. The van der Waals surface area contributed by atoms with E-state index in [0.717, 1.165) is 25.7 Å². The molecular weight excluding hydrogens is 240 g/mol. The van der Waals surface area contributed by atoms with Gasteiger partial charge in [0.05, 0.1) is 0 Å². The molecule has 2 N–H and O–H groups in total. The molecule has 0 aliphatic rings. The number of thiocarbonyl (C=S) groups is 2. The predicted molar refractivity (Wildman–Crippen MR) is 76.5 cm³/mol. The monoisotopic (exact) mass is 262 g/mol. The fourth-order valence-electron chi connectivity index (χ4n) is 1.35. The van der Waals surface area contributed by atoms with E-state index in [0.29, 0.717) is 0 Å². The Morgan fingerprint density at radius 2 is 1.06 bits per heavy atom. The van der Waals surface area contributed by atoms with E-state index in [1.165, 1.54) is 0 Å². The van der Waals surface area contributed by atoms with Crippen LogP contribution in [-0.4, -0.2) is 20.3 Å². The number of unbranched alkanes of at least 4 members (excludes halogenated alkanes) is 1. The van der Waals surface area contributed by atoms with Gasteiger partial charge in [0.2, 0.25) is 0 Å². The molecule has 0 aliphatic carbocycles. The topological polar surface area (TPSA) is 40.5 Å². The van der Waals surface area contributed by atoms with Crippen LogP contribution in [0.4, 0.5) is 0 Å². The van der Waals surface area contributed by atoms with Gasteiger partial charge in [0.25, 0.3) is 0 Å². The quantitative estimate of drug-likeness (QED) is 0.528. The minimum atomic E-state index is -0.292. The third-order valence-corrected chi connectivity index (χ3v) is 4.12. The fraction of sp³-hybridized carbons (Fsp3) is 0.833. The lowest BCUT2D eigenvalue weighted by atomic mass is 9.84. The van der Waals surface area contributed by atoms with Crippen molar-refractivity contribution in [2.24, 2.45) is 10.8 Å². The van der Waals surface area contributed by atoms with Crippen LogP contribution in [0.3, 0.4) is 0 Å². The number of rotatable bonds is 7. The van der Waals surface area contributed by atoms with Crippen molar-refractivity contribution in [3.8, 4) is 0 Å². The van der Waals surface area contributed by atoms with Crippen molar-refractivity contribution in [3.63, 3.8) is 0 Å². The Labute approximate surface area is 109 Å². The van der Waals surface area contributed by atoms with E-state index in [1.807, 2.05) is 27.7 Å². The van der Waals surface area contributed by atoms with Crippen LogP contribution >= 0.6 is 24.4 Å². The molecule has 0 atom stereocenters. The second-order valence-electron chi connectivity index (χ2n) is 5.59. The molecule has 0 fully saturated rings. The van der Waals surface area contributed by atoms with Crippen molar-refractivity contribution in [2.45, 2.75) is 53.4 Å². The Kier molecular flexibility index (Phi) is 5.84. The van der Waals surface area contributed by atoms with E-state index in [2.05, 4.69) is 0 Å². The van der Waals surface area contributed by atoms with Gasteiger partial charge in [0.1, 0.15) is 0 Å². The number of hydrogen-bond acceptors (Lipinski definition) is 2. The highest BCUT2D eigenvalue weighted by molar-refractivity contribution is 7.80. The molecule has 0 aromatic carbocycles. The SMILES string of the molecule is CC(C)(CCCCC(C)(C)C(O)=S)C(O)=S. The number of aliphatic hydroxyl groups is 2. The van der Waals surface area contributed by atoms with E-state index < -0.39 is 0 Å². The number of hydrogen-bond donors (Lipinski definition) is 2. The highest BCUT2D eigenvalue weighted by Gasteiger charge is 2.25. The Balaban J connectivity index is 3.94. The maximum absolute atomic E-state index is 9.30. The van der Waals surface area contributed by atoms with Crippen molar-refractivity contribution in [2.75, 3.05) is 0 Å². The maximum Gasteiger partial charge on any atom is 0.162 e. The molecule has 0 aliphatic heterocycles. The Morgan fingerprint density at radius 1 is 0.812 bits per heavy atom. The van der Waals surface area contributed by atoms with Crippen LogP contribution in [0.25, 0.3) is 0 Å². The van der Waals surface area contributed by atoms with E-state index >= 15 is 0 Å². The minimum absolute atomic E-state index is 0.0736. The van der Waals surface area contributed by atoms with Gasteiger partial charge in [-0.2, -0.15) is 0 Å². The lowest BCUT2D eigenvalue weighted by Gasteiger charge is -2.24. The van der Waals surface area contributed by atoms with Gasteiger partial charge in [-0.1, -0.05) is 40.5 Å². The molecule has 0 spiro atoms. The summed E-state index contributed by atoms with van der Waals surface area (Å²) < 4.78 is 0. The van der Waals surface area contributed by atoms with Crippen molar-refractivity contribution in [1.82, 2.24) is 0 Å². The molecule has 0 aromatic rings. The van der Waals surface area contributed by atoms with Gasteiger partial charge in [-0.25, -0.2) is 0 Å². The first-order valence-corrected chi connectivity index (χ1v) is 6.38. The molecule has 0 radical (unpaired) electrons. The zero-order valence-electron chi connectivity index (χ0n) is 10.5. The summed E-state index contributed by atoms with van der Waals surface area (Å²) in [7, 11) is 0. The standard InChI is InChI=1S/C12H22O2S2/c1-11(2,9(13)15)7-5-6-8-12(3,4)10(14)16/h5-8H2,1-4H3,(H,13,15)(H,14,16). The van der Waals surface area contributed by atoms with Crippen LogP contribution in [0.1, 0.15) is 53.4 Å². The molecule has 2 nitrogen and oxygen atoms in total. The average Bonchev–Trinajstić information content (AvgIpc) is 2.12. The summed E-state index contributed by atoms with van der Waals surface area (Å²) in [6.45, 7) is 7.77. The first kappa shape index (κ1) is 15.8. The number of aliphatic hydroxyl groups excluding tert-OH is 2. The summed E-state index contributed by atoms with van der Waals surface area (Å²) >= 11 is 9.58. The normalized spacial score (nSPS) is 12.5. The third kappa shape index (κ3) is 5.21. The smallest absolute Gasteiger partial charge is 0.162 e. The first-order chi connectivity index (χ1) is 7.09.